The van der Waals surface area contributed by atoms with Gasteiger partial charge in [-0.15, -0.1) is 0 Å². The van der Waals surface area contributed by atoms with Crippen molar-refractivity contribution in [3.8, 4) is 0 Å². The minimum Gasteiger partial charge on any atom is -0.357 e. The van der Waals surface area contributed by atoms with E-state index in [-0.39, 0.29) is 11.9 Å². The van der Waals surface area contributed by atoms with Crippen LogP contribution in [0.2, 0.25) is 5.02 Å². The van der Waals surface area contributed by atoms with Crippen LogP contribution in [0.15, 0.2) is 36.5 Å². The highest BCUT2D eigenvalue weighted by Crippen LogP contribution is 2.26. The van der Waals surface area contributed by atoms with E-state index in [1.165, 1.54) is 0 Å². The second-order valence-corrected chi connectivity index (χ2v) is 5.72. The van der Waals surface area contributed by atoms with Crippen LogP contribution in [-0.4, -0.2) is 35.5 Å². The smallest absolute Gasteiger partial charge is 0.242 e. The Labute approximate surface area is 139 Å². The van der Waals surface area contributed by atoms with Gasteiger partial charge in [-0.3, -0.25) is 4.79 Å². The number of carbonyl (C=O) groups excluding carboxylic acids is 1. The monoisotopic (exact) mass is 331 g/mol. The number of nitrogens with one attached hydrogen (secondary N) is 2. The number of anilines is 3. The van der Waals surface area contributed by atoms with Crippen LogP contribution in [0.1, 0.15) is 12.8 Å². The van der Waals surface area contributed by atoms with E-state index in [1.54, 1.807) is 19.3 Å². The quantitative estimate of drug-likeness (QED) is 0.901. The molecule has 1 aliphatic heterocycles. The van der Waals surface area contributed by atoms with Crippen LogP contribution < -0.4 is 15.5 Å². The van der Waals surface area contributed by atoms with Crippen molar-refractivity contribution in [3.63, 3.8) is 0 Å². The maximum absolute atomic E-state index is 12.0. The number of carbonyl (C=O) groups is 1. The minimum atomic E-state index is -0.212. The average molecular weight is 332 g/mol. The largest absolute Gasteiger partial charge is 0.357 e. The Kier molecular flexibility index (Phi) is 4.62. The van der Waals surface area contributed by atoms with Crippen molar-refractivity contribution in [2.24, 2.45) is 0 Å². The fourth-order valence-corrected chi connectivity index (χ4v) is 2.89. The lowest BCUT2D eigenvalue weighted by molar-refractivity contribution is -0.121. The van der Waals surface area contributed by atoms with Gasteiger partial charge in [-0.1, -0.05) is 23.7 Å². The number of nitrogens with zero attached hydrogens (tertiary/aromatic N) is 3. The topological polar surface area (TPSA) is 70.2 Å². The molecule has 0 saturated carbocycles. The van der Waals surface area contributed by atoms with Gasteiger partial charge in [-0.2, -0.15) is 4.98 Å². The fourth-order valence-electron chi connectivity index (χ4n) is 2.70. The standard InChI is InChI=1S/C16H18ClN5O/c1-18-15(23)13-7-4-10-22(13)16-19-9-8-14(21-16)20-12-6-3-2-5-11(12)17/h2-3,5-6,8-9,13H,4,7,10H2,1H3,(H,18,23)(H,19,20,21)/t13-/m0/s1. The lowest BCUT2D eigenvalue weighted by Crippen LogP contribution is -2.42. The molecule has 1 aromatic heterocycles. The molecule has 2 aromatic rings. The number of likely N-dealkylation sites (N-methyl/N-ethyl adjacent to an activating group) is 1. The third-order valence-corrected chi connectivity index (χ3v) is 4.17. The van der Waals surface area contributed by atoms with Gasteiger partial charge in [0.1, 0.15) is 11.9 Å². The van der Waals surface area contributed by atoms with Crippen molar-refractivity contribution in [2.75, 3.05) is 23.8 Å². The van der Waals surface area contributed by atoms with E-state index in [9.17, 15) is 4.79 Å². The first kappa shape index (κ1) is 15.6. The first-order valence-corrected chi connectivity index (χ1v) is 7.89. The van der Waals surface area contributed by atoms with Crippen molar-refractivity contribution < 1.29 is 4.79 Å². The summed E-state index contributed by atoms with van der Waals surface area (Å²) in [7, 11) is 1.65. The Hall–Kier alpha value is -2.34. The Morgan fingerprint density at radius 1 is 1.35 bits per heavy atom. The van der Waals surface area contributed by atoms with Crippen LogP contribution in [0.5, 0.6) is 0 Å². The molecule has 0 spiro atoms. The maximum atomic E-state index is 12.0. The molecular formula is C16H18ClN5O. The predicted octanol–water partition coefficient (Wildman–Crippen LogP) is 2.59. The SMILES string of the molecule is CNC(=O)[C@@H]1CCCN1c1nccc(Nc2ccccc2Cl)n1. The average Bonchev–Trinajstić information content (AvgIpc) is 3.06. The molecule has 1 amide bonds. The summed E-state index contributed by atoms with van der Waals surface area (Å²) in [5, 5.41) is 6.51. The highest BCUT2D eigenvalue weighted by atomic mass is 35.5. The van der Waals surface area contributed by atoms with Crippen molar-refractivity contribution >= 4 is 35.0 Å². The third kappa shape index (κ3) is 3.37. The molecule has 0 aliphatic carbocycles. The Morgan fingerprint density at radius 3 is 2.96 bits per heavy atom. The first-order valence-electron chi connectivity index (χ1n) is 7.52. The first-order chi connectivity index (χ1) is 11.2. The summed E-state index contributed by atoms with van der Waals surface area (Å²) in [4.78, 5) is 22.8. The van der Waals surface area contributed by atoms with Gasteiger partial charge in [0.2, 0.25) is 11.9 Å². The number of benzene rings is 1. The molecule has 3 rings (SSSR count). The lowest BCUT2D eigenvalue weighted by atomic mass is 10.2. The molecule has 2 heterocycles. The van der Waals surface area contributed by atoms with E-state index < -0.39 is 0 Å². The summed E-state index contributed by atoms with van der Waals surface area (Å²) >= 11 is 6.16. The van der Waals surface area contributed by atoms with Gasteiger partial charge >= 0.3 is 0 Å². The molecule has 2 N–H and O–H groups in total. The molecule has 1 saturated heterocycles. The Bertz CT molecular complexity index is 708. The summed E-state index contributed by atoms with van der Waals surface area (Å²) in [5.41, 5.74) is 0.781. The number of hydrogen-bond acceptors (Lipinski definition) is 5. The molecule has 6 nitrogen and oxygen atoms in total. The molecule has 1 aromatic carbocycles. The van der Waals surface area contributed by atoms with E-state index >= 15 is 0 Å². The van der Waals surface area contributed by atoms with E-state index in [0.29, 0.717) is 16.8 Å². The molecule has 0 unspecified atom stereocenters. The summed E-state index contributed by atoms with van der Waals surface area (Å²) < 4.78 is 0. The van der Waals surface area contributed by atoms with Crippen molar-refractivity contribution in [2.45, 2.75) is 18.9 Å². The molecule has 1 fully saturated rings. The molecular weight excluding hydrogens is 314 g/mol. The number of aromatic nitrogens is 2. The van der Waals surface area contributed by atoms with Gasteiger partial charge in [0.05, 0.1) is 10.7 Å². The van der Waals surface area contributed by atoms with Crippen LogP contribution in [0, 0.1) is 0 Å². The van der Waals surface area contributed by atoms with E-state index in [1.807, 2.05) is 29.2 Å². The van der Waals surface area contributed by atoms with Gasteiger partial charge in [-0.25, -0.2) is 4.98 Å². The van der Waals surface area contributed by atoms with Crippen molar-refractivity contribution in [1.82, 2.24) is 15.3 Å². The summed E-state index contributed by atoms with van der Waals surface area (Å²) in [6, 6.07) is 9.03. The van der Waals surface area contributed by atoms with Crippen LogP contribution in [0.25, 0.3) is 0 Å². The normalized spacial score (nSPS) is 17.1. The second-order valence-electron chi connectivity index (χ2n) is 5.31. The van der Waals surface area contributed by atoms with Crippen molar-refractivity contribution in [3.05, 3.63) is 41.6 Å². The van der Waals surface area contributed by atoms with Crippen LogP contribution in [0.4, 0.5) is 17.5 Å². The summed E-state index contributed by atoms with van der Waals surface area (Å²) in [5.74, 6) is 1.19. The number of rotatable bonds is 4. The highest BCUT2D eigenvalue weighted by Gasteiger charge is 2.31. The zero-order valence-electron chi connectivity index (χ0n) is 12.8. The van der Waals surface area contributed by atoms with Gasteiger partial charge in [0.25, 0.3) is 0 Å². The van der Waals surface area contributed by atoms with E-state index in [4.69, 9.17) is 11.6 Å². The fraction of sp³-hybridized carbons (Fsp3) is 0.312. The molecule has 7 heteroatoms. The lowest BCUT2D eigenvalue weighted by Gasteiger charge is -2.23. The van der Waals surface area contributed by atoms with Crippen LogP contribution >= 0.6 is 11.6 Å². The van der Waals surface area contributed by atoms with Gasteiger partial charge in [-0.05, 0) is 31.0 Å². The molecule has 0 bridgehead atoms. The second kappa shape index (κ2) is 6.83. The van der Waals surface area contributed by atoms with Gasteiger partial charge in [0, 0.05) is 19.8 Å². The molecule has 1 aliphatic rings. The van der Waals surface area contributed by atoms with Crippen LogP contribution in [-0.2, 0) is 4.79 Å². The molecule has 1 atom stereocenters. The zero-order chi connectivity index (χ0) is 16.2. The zero-order valence-corrected chi connectivity index (χ0v) is 13.5. The minimum absolute atomic E-state index is 0.00411. The Morgan fingerprint density at radius 2 is 2.17 bits per heavy atom. The number of amides is 1. The predicted molar refractivity (Wildman–Crippen MR) is 91.2 cm³/mol. The third-order valence-electron chi connectivity index (χ3n) is 3.84. The van der Waals surface area contributed by atoms with E-state index in [2.05, 4.69) is 20.6 Å². The molecule has 120 valence electrons. The number of para-hydroxylation sites is 1. The molecule has 0 radical (unpaired) electrons. The number of halogens is 1. The maximum Gasteiger partial charge on any atom is 0.242 e. The van der Waals surface area contributed by atoms with Gasteiger partial charge < -0.3 is 15.5 Å². The highest BCUT2D eigenvalue weighted by molar-refractivity contribution is 6.33. The van der Waals surface area contributed by atoms with E-state index in [0.717, 1.165) is 25.1 Å². The Balaban J connectivity index is 1.82. The van der Waals surface area contributed by atoms with Crippen LogP contribution in [0.3, 0.4) is 0 Å². The van der Waals surface area contributed by atoms with Gasteiger partial charge in [0.15, 0.2) is 0 Å². The van der Waals surface area contributed by atoms with Crippen molar-refractivity contribution in [1.29, 1.82) is 0 Å². The molecule has 23 heavy (non-hydrogen) atoms. The summed E-state index contributed by atoms with van der Waals surface area (Å²) in [6.07, 6.45) is 3.44. The summed E-state index contributed by atoms with van der Waals surface area (Å²) in [6.45, 7) is 0.771. The number of hydrogen-bond donors (Lipinski definition) is 2.